The number of hydrogen-bond acceptors (Lipinski definition) is 4. The molecule has 4 rings (SSSR count). The minimum absolute atomic E-state index is 0.0309. The average Bonchev–Trinajstić information content (AvgIpc) is 3.14. The van der Waals surface area contributed by atoms with Crippen molar-refractivity contribution in [3.63, 3.8) is 0 Å². The highest BCUT2D eigenvalue weighted by Crippen LogP contribution is 2.41. The second kappa shape index (κ2) is 8.08. The van der Waals surface area contributed by atoms with E-state index in [9.17, 15) is 17.6 Å². The van der Waals surface area contributed by atoms with Crippen LogP contribution in [0.15, 0.2) is 53.5 Å². The smallest absolute Gasteiger partial charge is 0.248 e. The number of benzene rings is 2. The number of amidine groups is 1. The molecule has 2 fully saturated rings. The monoisotopic (exact) mass is 452 g/mol. The Hall–Kier alpha value is -1.90. The number of thioether (sulfide) groups is 1. The van der Waals surface area contributed by atoms with Gasteiger partial charge < -0.3 is 4.90 Å². The predicted molar refractivity (Wildman–Crippen MR) is 115 cm³/mol. The van der Waals surface area contributed by atoms with E-state index >= 15 is 0 Å². The van der Waals surface area contributed by atoms with Gasteiger partial charge in [-0.1, -0.05) is 53.7 Å². The van der Waals surface area contributed by atoms with Gasteiger partial charge in [-0.2, -0.15) is 4.99 Å². The van der Waals surface area contributed by atoms with E-state index in [4.69, 9.17) is 11.6 Å². The van der Waals surface area contributed by atoms with Crippen LogP contribution >= 0.6 is 23.4 Å². The number of carbonyl (C=O) groups is 1. The topological polar surface area (TPSA) is 66.8 Å². The molecule has 2 aliphatic rings. The standard InChI is InChI=1S/C20H18ClFN2O3S2/c21-15-10-14(7-8-16(15)22)24-17-11-29(26,27)12-18(17)28-20(24)23-19(25)9-6-13-4-2-1-3-5-13/h1-5,7-8,10,17-18H,6,9,11-12H2/t17-,18+/m1/s1. The Morgan fingerprint density at radius 2 is 1.97 bits per heavy atom. The Morgan fingerprint density at radius 3 is 2.69 bits per heavy atom. The predicted octanol–water partition coefficient (Wildman–Crippen LogP) is 3.71. The lowest BCUT2D eigenvalue weighted by Gasteiger charge is -2.24. The van der Waals surface area contributed by atoms with Crippen molar-refractivity contribution in [1.29, 1.82) is 0 Å². The van der Waals surface area contributed by atoms with Crippen LogP contribution in [-0.4, -0.2) is 42.3 Å². The largest absolute Gasteiger partial charge is 0.316 e. The lowest BCUT2D eigenvalue weighted by Crippen LogP contribution is -2.37. The zero-order valence-corrected chi connectivity index (χ0v) is 17.7. The summed E-state index contributed by atoms with van der Waals surface area (Å²) in [5, 5.41) is 0.159. The van der Waals surface area contributed by atoms with E-state index in [-0.39, 0.29) is 40.1 Å². The maximum absolute atomic E-state index is 13.6. The first-order chi connectivity index (χ1) is 13.8. The van der Waals surface area contributed by atoms with Crippen LogP contribution < -0.4 is 4.90 Å². The van der Waals surface area contributed by atoms with E-state index < -0.39 is 15.7 Å². The fourth-order valence-electron chi connectivity index (χ4n) is 3.56. The minimum atomic E-state index is -3.17. The van der Waals surface area contributed by atoms with Crippen molar-refractivity contribution >= 4 is 50.0 Å². The fourth-order valence-corrected chi connectivity index (χ4v) is 7.67. The van der Waals surface area contributed by atoms with Gasteiger partial charge >= 0.3 is 0 Å². The number of hydrogen-bond donors (Lipinski definition) is 0. The van der Waals surface area contributed by atoms with Crippen molar-refractivity contribution in [3.05, 3.63) is 64.9 Å². The highest BCUT2D eigenvalue weighted by molar-refractivity contribution is 8.16. The van der Waals surface area contributed by atoms with Crippen molar-refractivity contribution < 1.29 is 17.6 Å². The molecule has 29 heavy (non-hydrogen) atoms. The summed E-state index contributed by atoms with van der Waals surface area (Å²) in [7, 11) is -3.17. The van der Waals surface area contributed by atoms with Gasteiger partial charge in [0.05, 0.1) is 22.6 Å². The van der Waals surface area contributed by atoms with Crippen LogP contribution in [0, 0.1) is 5.82 Å². The van der Waals surface area contributed by atoms with Crippen molar-refractivity contribution in [1.82, 2.24) is 0 Å². The quantitative estimate of drug-likeness (QED) is 0.707. The highest BCUT2D eigenvalue weighted by atomic mass is 35.5. The van der Waals surface area contributed by atoms with Gasteiger partial charge in [-0.3, -0.25) is 4.79 Å². The van der Waals surface area contributed by atoms with Gasteiger partial charge in [-0.05, 0) is 30.2 Å². The van der Waals surface area contributed by atoms with Crippen LogP contribution in [0.4, 0.5) is 10.1 Å². The maximum Gasteiger partial charge on any atom is 0.248 e. The minimum Gasteiger partial charge on any atom is -0.316 e. The van der Waals surface area contributed by atoms with Crippen molar-refractivity contribution in [2.45, 2.75) is 24.1 Å². The Morgan fingerprint density at radius 1 is 1.21 bits per heavy atom. The van der Waals surface area contributed by atoms with Gasteiger partial charge in [-0.15, -0.1) is 0 Å². The summed E-state index contributed by atoms with van der Waals surface area (Å²) in [4.78, 5) is 18.5. The van der Waals surface area contributed by atoms with Gasteiger partial charge in [0, 0.05) is 17.4 Å². The van der Waals surface area contributed by atoms with Crippen LogP contribution in [0.25, 0.3) is 0 Å². The summed E-state index contributed by atoms with van der Waals surface area (Å²) in [6.07, 6.45) is 0.824. The maximum atomic E-state index is 13.6. The number of amides is 1. The van der Waals surface area contributed by atoms with Gasteiger partial charge in [0.1, 0.15) is 5.82 Å². The third-order valence-corrected chi connectivity index (χ3v) is 8.44. The van der Waals surface area contributed by atoms with Crippen LogP contribution in [0.5, 0.6) is 0 Å². The Balaban J connectivity index is 1.59. The number of halogens is 2. The van der Waals surface area contributed by atoms with Crippen molar-refractivity contribution in [2.24, 2.45) is 4.99 Å². The first kappa shape index (κ1) is 20.4. The number of sulfone groups is 1. The van der Waals surface area contributed by atoms with E-state index in [1.54, 1.807) is 4.90 Å². The summed E-state index contributed by atoms with van der Waals surface area (Å²) in [5.74, 6) is -0.838. The Labute approximate surface area is 177 Å². The third kappa shape index (κ3) is 4.49. The molecule has 5 nitrogen and oxygen atoms in total. The fraction of sp³-hybridized carbons (Fsp3) is 0.300. The molecule has 152 valence electrons. The second-order valence-electron chi connectivity index (χ2n) is 7.04. The molecule has 2 atom stereocenters. The molecule has 0 spiro atoms. The lowest BCUT2D eigenvalue weighted by molar-refractivity contribution is -0.117. The van der Waals surface area contributed by atoms with Gasteiger partial charge in [0.15, 0.2) is 15.0 Å². The molecule has 0 saturated carbocycles. The molecule has 1 amide bonds. The molecule has 2 aromatic carbocycles. The Bertz CT molecular complexity index is 1080. The van der Waals surface area contributed by atoms with Crippen molar-refractivity contribution in [3.8, 4) is 0 Å². The number of aliphatic imine (C=N–C) groups is 1. The number of rotatable bonds is 4. The number of aryl methyl sites for hydroxylation is 1. The average molecular weight is 453 g/mol. The summed E-state index contributed by atoms with van der Waals surface area (Å²) >= 11 is 7.21. The zero-order valence-electron chi connectivity index (χ0n) is 15.3. The third-order valence-electron chi connectivity index (χ3n) is 4.94. The molecule has 0 radical (unpaired) electrons. The van der Waals surface area contributed by atoms with Crippen LogP contribution in [0.1, 0.15) is 12.0 Å². The number of fused-ring (bicyclic) bond motifs is 1. The second-order valence-corrected chi connectivity index (χ2v) is 10.8. The van der Waals surface area contributed by atoms with Gasteiger partial charge in [0.25, 0.3) is 0 Å². The first-order valence-electron chi connectivity index (χ1n) is 9.09. The number of anilines is 1. The molecular formula is C20H18ClFN2O3S2. The molecule has 2 heterocycles. The molecule has 0 aromatic heterocycles. The Kier molecular flexibility index (Phi) is 5.68. The molecule has 0 unspecified atom stereocenters. The molecule has 2 aromatic rings. The van der Waals surface area contributed by atoms with E-state index in [1.807, 2.05) is 30.3 Å². The molecule has 0 N–H and O–H groups in total. The van der Waals surface area contributed by atoms with Crippen molar-refractivity contribution in [2.75, 3.05) is 16.4 Å². The van der Waals surface area contributed by atoms with Gasteiger partial charge in [0.2, 0.25) is 5.91 Å². The zero-order chi connectivity index (χ0) is 20.6. The normalized spacial score (nSPS) is 24.1. The summed E-state index contributed by atoms with van der Waals surface area (Å²) in [6.45, 7) is 0. The molecule has 9 heteroatoms. The number of nitrogens with zero attached hydrogens (tertiary/aromatic N) is 2. The number of carbonyl (C=O) groups excluding carboxylic acids is 1. The lowest BCUT2D eigenvalue weighted by atomic mass is 10.1. The van der Waals surface area contributed by atoms with Crippen LogP contribution in [0.3, 0.4) is 0 Å². The molecule has 0 bridgehead atoms. The SMILES string of the molecule is O=C(CCc1ccccc1)N=C1S[C@H]2CS(=O)(=O)C[C@H]2N1c1ccc(F)c(Cl)c1. The molecule has 2 saturated heterocycles. The summed E-state index contributed by atoms with van der Waals surface area (Å²) < 4.78 is 37.8. The van der Waals surface area contributed by atoms with Crippen LogP contribution in [-0.2, 0) is 21.1 Å². The van der Waals surface area contributed by atoms with E-state index in [1.165, 1.54) is 30.0 Å². The van der Waals surface area contributed by atoms with Gasteiger partial charge in [-0.25, -0.2) is 12.8 Å². The van der Waals surface area contributed by atoms with E-state index in [0.29, 0.717) is 17.3 Å². The molecule has 0 aliphatic carbocycles. The molecule has 2 aliphatic heterocycles. The summed E-state index contributed by atoms with van der Waals surface area (Å²) in [5.41, 5.74) is 1.58. The first-order valence-corrected chi connectivity index (χ1v) is 12.2. The summed E-state index contributed by atoms with van der Waals surface area (Å²) in [6, 6.07) is 13.5. The highest BCUT2D eigenvalue weighted by Gasteiger charge is 2.49. The van der Waals surface area contributed by atoms with E-state index in [2.05, 4.69) is 4.99 Å². The molecular weight excluding hydrogens is 435 g/mol. The van der Waals surface area contributed by atoms with Crippen LogP contribution in [0.2, 0.25) is 5.02 Å². The van der Waals surface area contributed by atoms with E-state index in [0.717, 1.165) is 5.56 Å².